The largest absolute Gasteiger partial charge is 0.373 e. The third kappa shape index (κ3) is 3.52. The molecule has 0 aromatic heterocycles. The van der Waals surface area contributed by atoms with Gasteiger partial charge in [0.1, 0.15) is 6.29 Å². The van der Waals surface area contributed by atoms with Gasteiger partial charge in [0.2, 0.25) is 0 Å². The molecule has 0 saturated heterocycles. The number of anilines is 1. The van der Waals surface area contributed by atoms with Crippen LogP contribution in [0.5, 0.6) is 0 Å². The zero-order valence-electron chi connectivity index (χ0n) is 13.3. The summed E-state index contributed by atoms with van der Waals surface area (Å²) in [6.45, 7) is 6.85. The van der Waals surface area contributed by atoms with Crippen molar-refractivity contribution in [3.63, 3.8) is 0 Å². The summed E-state index contributed by atoms with van der Waals surface area (Å²) in [4.78, 5) is 13.9. The minimum absolute atomic E-state index is 0.506. The van der Waals surface area contributed by atoms with Crippen LogP contribution in [0.2, 0.25) is 0 Å². The second-order valence-corrected chi connectivity index (χ2v) is 6.10. The van der Waals surface area contributed by atoms with Gasteiger partial charge in [-0.25, -0.2) is 0 Å². The number of hydrogen-bond donors (Lipinski definition) is 0. The van der Waals surface area contributed by atoms with Gasteiger partial charge in [0.25, 0.3) is 0 Å². The first-order chi connectivity index (χ1) is 9.94. The maximum atomic E-state index is 11.7. The SMILES string of the molecule is Cc1cc(C)cc(N(C)CC(C)(C=O)c2ccccc2)c1. The predicted molar refractivity (Wildman–Crippen MR) is 89.0 cm³/mol. The molecule has 2 rings (SSSR count). The molecule has 0 spiro atoms. The predicted octanol–water partition coefficient (Wildman–Crippen LogP) is 3.90. The molecule has 0 heterocycles. The summed E-state index contributed by atoms with van der Waals surface area (Å²) in [5.74, 6) is 0. The van der Waals surface area contributed by atoms with Gasteiger partial charge >= 0.3 is 0 Å². The number of likely N-dealkylation sites (N-methyl/N-ethyl adjacent to an activating group) is 1. The minimum Gasteiger partial charge on any atom is -0.373 e. The molecular formula is C19H23NO. The van der Waals surface area contributed by atoms with Crippen LogP contribution >= 0.6 is 0 Å². The second-order valence-electron chi connectivity index (χ2n) is 6.10. The van der Waals surface area contributed by atoms with E-state index < -0.39 is 5.41 Å². The summed E-state index contributed by atoms with van der Waals surface area (Å²) in [7, 11) is 2.04. The highest BCUT2D eigenvalue weighted by atomic mass is 16.1. The van der Waals surface area contributed by atoms with Crippen LogP contribution in [0.1, 0.15) is 23.6 Å². The molecule has 0 bridgehead atoms. The van der Waals surface area contributed by atoms with E-state index in [9.17, 15) is 4.79 Å². The standard InChI is InChI=1S/C19H23NO/c1-15-10-16(2)12-18(11-15)20(4)13-19(3,14-21)17-8-6-5-7-9-17/h5-12,14H,13H2,1-4H3. The maximum Gasteiger partial charge on any atom is 0.132 e. The van der Waals surface area contributed by atoms with Gasteiger partial charge in [-0.1, -0.05) is 36.4 Å². The summed E-state index contributed by atoms with van der Waals surface area (Å²) < 4.78 is 0. The van der Waals surface area contributed by atoms with Crippen molar-refractivity contribution in [1.82, 2.24) is 0 Å². The lowest BCUT2D eigenvalue weighted by Gasteiger charge is -2.31. The molecule has 0 radical (unpaired) electrons. The molecule has 110 valence electrons. The summed E-state index contributed by atoms with van der Waals surface area (Å²) in [5, 5.41) is 0. The highest BCUT2D eigenvalue weighted by Gasteiger charge is 2.27. The molecule has 1 atom stereocenters. The summed E-state index contributed by atoms with van der Waals surface area (Å²) >= 11 is 0. The zero-order valence-corrected chi connectivity index (χ0v) is 13.3. The maximum absolute atomic E-state index is 11.7. The van der Waals surface area contributed by atoms with Gasteiger partial charge < -0.3 is 9.69 Å². The molecule has 0 N–H and O–H groups in total. The number of carbonyl (C=O) groups is 1. The van der Waals surface area contributed by atoms with Crippen molar-refractivity contribution in [2.45, 2.75) is 26.2 Å². The molecule has 2 nitrogen and oxygen atoms in total. The first-order valence-corrected chi connectivity index (χ1v) is 7.26. The van der Waals surface area contributed by atoms with E-state index in [1.54, 1.807) is 0 Å². The number of rotatable bonds is 5. The third-order valence-corrected chi connectivity index (χ3v) is 3.91. The smallest absolute Gasteiger partial charge is 0.132 e. The second kappa shape index (κ2) is 6.13. The van der Waals surface area contributed by atoms with E-state index in [0.717, 1.165) is 17.5 Å². The summed E-state index contributed by atoms with van der Waals surface area (Å²) in [6, 6.07) is 16.4. The van der Waals surface area contributed by atoms with Crippen LogP contribution < -0.4 is 4.90 Å². The van der Waals surface area contributed by atoms with Gasteiger partial charge in [-0.05, 0) is 49.6 Å². The van der Waals surface area contributed by atoms with Crippen LogP contribution in [0.25, 0.3) is 0 Å². The van der Waals surface area contributed by atoms with Crippen molar-refractivity contribution in [3.05, 3.63) is 65.2 Å². The fraction of sp³-hybridized carbons (Fsp3) is 0.316. The normalized spacial score (nSPS) is 13.5. The van der Waals surface area contributed by atoms with Gasteiger partial charge in [-0.2, -0.15) is 0 Å². The third-order valence-electron chi connectivity index (χ3n) is 3.91. The van der Waals surface area contributed by atoms with E-state index >= 15 is 0 Å². The summed E-state index contributed by atoms with van der Waals surface area (Å²) in [6.07, 6.45) is 1.06. The highest BCUT2D eigenvalue weighted by molar-refractivity contribution is 5.70. The Morgan fingerprint density at radius 1 is 1.05 bits per heavy atom. The molecule has 1 unspecified atom stereocenters. The summed E-state index contributed by atoms with van der Waals surface area (Å²) in [5.41, 5.74) is 4.18. The lowest BCUT2D eigenvalue weighted by Crippen LogP contribution is -2.38. The van der Waals surface area contributed by atoms with Gasteiger partial charge in [0, 0.05) is 19.3 Å². The molecule has 0 saturated carbocycles. The molecule has 21 heavy (non-hydrogen) atoms. The van der Waals surface area contributed by atoms with Crippen LogP contribution in [0.3, 0.4) is 0 Å². The molecule has 0 aliphatic heterocycles. The Morgan fingerprint density at radius 2 is 1.62 bits per heavy atom. The minimum atomic E-state index is -0.506. The first-order valence-electron chi connectivity index (χ1n) is 7.26. The van der Waals surface area contributed by atoms with E-state index in [0.29, 0.717) is 6.54 Å². The lowest BCUT2D eigenvalue weighted by atomic mass is 9.83. The van der Waals surface area contributed by atoms with Crippen molar-refractivity contribution in [2.24, 2.45) is 0 Å². The molecular weight excluding hydrogens is 258 g/mol. The van der Waals surface area contributed by atoms with Crippen LogP contribution in [0.15, 0.2) is 48.5 Å². The molecule has 2 aromatic carbocycles. The van der Waals surface area contributed by atoms with E-state index in [2.05, 4.69) is 36.9 Å². The number of aldehydes is 1. The van der Waals surface area contributed by atoms with Gasteiger partial charge in [0.15, 0.2) is 0 Å². The quantitative estimate of drug-likeness (QED) is 0.775. The number of aryl methyl sites for hydroxylation is 2. The Balaban J connectivity index is 2.27. The average molecular weight is 281 g/mol. The zero-order chi connectivity index (χ0) is 15.5. The van der Waals surface area contributed by atoms with Crippen LogP contribution in [0, 0.1) is 13.8 Å². The fourth-order valence-corrected chi connectivity index (χ4v) is 2.77. The van der Waals surface area contributed by atoms with Crippen molar-refractivity contribution in [3.8, 4) is 0 Å². The van der Waals surface area contributed by atoms with Crippen molar-refractivity contribution < 1.29 is 4.79 Å². The fourth-order valence-electron chi connectivity index (χ4n) is 2.77. The monoisotopic (exact) mass is 281 g/mol. The Hall–Kier alpha value is -2.09. The van der Waals surface area contributed by atoms with Crippen molar-refractivity contribution >= 4 is 12.0 Å². The molecule has 2 heteroatoms. The van der Waals surface area contributed by atoms with Crippen LogP contribution in [0.4, 0.5) is 5.69 Å². The van der Waals surface area contributed by atoms with E-state index in [-0.39, 0.29) is 0 Å². The van der Waals surface area contributed by atoms with E-state index in [1.807, 2.05) is 44.3 Å². The van der Waals surface area contributed by atoms with Gasteiger partial charge in [0.05, 0.1) is 5.41 Å². The van der Waals surface area contributed by atoms with Gasteiger partial charge in [-0.3, -0.25) is 0 Å². The Bertz CT molecular complexity index is 600. The number of nitrogens with zero attached hydrogens (tertiary/aromatic N) is 1. The molecule has 0 fully saturated rings. The average Bonchev–Trinajstić information content (AvgIpc) is 2.47. The Kier molecular flexibility index (Phi) is 4.46. The lowest BCUT2D eigenvalue weighted by molar-refractivity contribution is -0.111. The molecule has 2 aromatic rings. The van der Waals surface area contributed by atoms with E-state index in [1.165, 1.54) is 11.1 Å². The molecule has 0 amide bonds. The topological polar surface area (TPSA) is 20.3 Å². The number of benzene rings is 2. The highest BCUT2D eigenvalue weighted by Crippen LogP contribution is 2.26. The first kappa shape index (κ1) is 15.3. The number of hydrogen-bond acceptors (Lipinski definition) is 2. The Morgan fingerprint density at radius 3 is 2.14 bits per heavy atom. The molecule has 0 aliphatic rings. The van der Waals surface area contributed by atoms with Crippen LogP contribution in [-0.4, -0.2) is 19.9 Å². The molecule has 0 aliphatic carbocycles. The number of carbonyl (C=O) groups excluding carboxylic acids is 1. The van der Waals surface area contributed by atoms with Gasteiger partial charge in [-0.15, -0.1) is 0 Å². The van der Waals surface area contributed by atoms with Crippen molar-refractivity contribution in [2.75, 3.05) is 18.5 Å². The van der Waals surface area contributed by atoms with E-state index in [4.69, 9.17) is 0 Å². The van der Waals surface area contributed by atoms with Crippen LogP contribution in [-0.2, 0) is 10.2 Å². The van der Waals surface area contributed by atoms with Crippen molar-refractivity contribution in [1.29, 1.82) is 0 Å². The Labute approximate surface area is 127 Å².